The van der Waals surface area contributed by atoms with E-state index in [1.54, 1.807) is 0 Å². The van der Waals surface area contributed by atoms with Crippen LogP contribution in [0.25, 0.3) is 5.65 Å². The first-order chi connectivity index (χ1) is 14.0. The molecule has 1 saturated carbocycles. The lowest BCUT2D eigenvalue weighted by Gasteiger charge is -2.30. The van der Waals surface area contributed by atoms with E-state index in [-0.39, 0.29) is 5.41 Å². The van der Waals surface area contributed by atoms with Crippen molar-refractivity contribution in [3.05, 3.63) is 35.4 Å². The number of piperidine rings is 1. The predicted molar refractivity (Wildman–Crippen MR) is 108 cm³/mol. The molecule has 1 saturated heterocycles. The molecule has 8 heteroatoms. The van der Waals surface area contributed by atoms with E-state index >= 15 is 0 Å². The van der Waals surface area contributed by atoms with Gasteiger partial charge in [0.1, 0.15) is 0 Å². The molecule has 8 nitrogen and oxygen atoms in total. The average molecular weight is 396 g/mol. The van der Waals surface area contributed by atoms with Crippen LogP contribution in [0.2, 0.25) is 0 Å². The molecule has 3 aromatic rings. The Morgan fingerprint density at radius 3 is 2.52 bits per heavy atom. The molecule has 2 fully saturated rings. The summed E-state index contributed by atoms with van der Waals surface area (Å²) in [5, 5.41) is 17.9. The van der Waals surface area contributed by atoms with Gasteiger partial charge in [0.15, 0.2) is 17.3 Å². The van der Waals surface area contributed by atoms with Crippen molar-refractivity contribution in [3.63, 3.8) is 0 Å². The van der Waals surface area contributed by atoms with Crippen LogP contribution in [-0.4, -0.2) is 47.9 Å². The van der Waals surface area contributed by atoms with Gasteiger partial charge in [0, 0.05) is 17.3 Å². The number of nitrogens with zero attached hydrogens (tertiary/aromatic N) is 7. The summed E-state index contributed by atoms with van der Waals surface area (Å²) in [4.78, 5) is 7.02. The fourth-order valence-electron chi connectivity index (χ4n) is 4.16. The Bertz CT molecular complexity index is 990. The zero-order valence-electron chi connectivity index (χ0n) is 17.5. The van der Waals surface area contributed by atoms with Gasteiger partial charge in [-0.1, -0.05) is 32.3 Å². The van der Waals surface area contributed by atoms with E-state index in [4.69, 9.17) is 9.62 Å². The minimum absolute atomic E-state index is 0.00201. The first kappa shape index (κ1) is 18.7. The van der Waals surface area contributed by atoms with E-state index in [9.17, 15) is 0 Å². The molecule has 1 aliphatic heterocycles. The molecule has 5 rings (SSSR count). The third-order valence-corrected chi connectivity index (χ3v) is 6.31. The Labute approximate surface area is 170 Å². The number of hydrogen-bond acceptors (Lipinski definition) is 7. The van der Waals surface area contributed by atoms with Crippen LogP contribution in [0.4, 0.5) is 0 Å². The number of rotatable bonds is 4. The van der Waals surface area contributed by atoms with Crippen LogP contribution in [0.5, 0.6) is 0 Å². The lowest BCUT2D eigenvalue weighted by Crippen LogP contribution is -2.33. The monoisotopic (exact) mass is 395 g/mol. The van der Waals surface area contributed by atoms with Crippen molar-refractivity contribution in [1.82, 2.24) is 34.9 Å². The molecule has 154 valence electrons. The Balaban J connectivity index is 1.25. The topological polar surface area (TPSA) is 85.2 Å². The molecule has 0 unspecified atom stereocenters. The third kappa shape index (κ3) is 3.66. The van der Waals surface area contributed by atoms with Crippen molar-refractivity contribution in [3.8, 4) is 0 Å². The Morgan fingerprint density at radius 2 is 1.83 bits per heavy atom. The van der Waals surface area contributed by atoms with E-state index in [0.29, 0.717) is 11.8 Å². The van der Waals surface area contributed by atoms with Gasteiger partial charge in [-0.05, 0) is 50.9 Å². The largest absolute Gasteiger partial charge is 0.339 e. The highest BCUT2D eigenvalue weighted by atomic mass is 16.5. The number of fused-ring (bicyclic) bond motifs is 1. The van der Waals surface area contributed by atoms with Crippen LogP contribution >= 0.6 is 0 Å². The second-order valence-corrected chi connectivity index (χ2v) is 9.52. The standard InChI is InChI=1S/C21H29N7O/c1-21(2,3)16-7-8-18-23-24-19(28(18)25-16)14-9-11-27(12-10-14)13-17-22-20(29-26-17)15-5-4-6-15/h7-8,14-15H,4-6,9-13H2,1-3H3. The van der Waals surface area contributed by atoms with Gasteiger partial charge in [0.2, 0.25) is 5.89 Å². The maximum Gasteiger partial charge on any atom is 0.229 e. The molecule has 0 N–H and O–H groups in total. The van der Waals surface area contributed by atoms with Crippen molar-refractivity contribution < 1.29 is 4.52 Å². The minimum Gasteiger partial charge on any atom is -0.339 e. The fourth-order valence-corrected chi connectivity index (χ4v) is 4.16. The lowest BCUT2D eigenvalue weighted by atomic mass is 9.85. The normalized spacial score (nSPS) is 19.7. The van der Waals surface area contributed by atoms with Crippen LogP contribution in [-0.2, 0) is 12.0 Å². The zero-order chi connectivity index (χ0) is 20.0. The van der Waals surface area contributed by atoms with Gasteiger partial charge in [0.25, 0.3) is 0 Å². The summed E-state index contributed by atoms with van der Waals surface area (Å²) in [5.41, 5.74) is 1.88. The van der Waals surface area contributed by atoms with Gasteiger partial charge in [-0.15, -0.1) is 10.2 Å². The van der Waals surface area contributed by atoms with E-state index in [0.717, 1.165) is 61.4 Å². The van der Waals surface area contributed by atoms with Gasteiger partial charge in [-0.3, -0.25) is 4.90 Å². The summed E-state index contributed by atoms with van der Waals surface area (Å²) < 4.78 is 7.41. The van der Waals surface area contributed by atoms with Crippen molar-refractivity contribution in [2.45, 2.75) is 76.7 Å². The second-order valence-electron chi connectivity index (χ2n) is 9.52. The van der Waals surface area contributed by atoms with E-state index in [2.05, 4.69) is 52.1 Å². The van der Waals surface area contributed by atoms with Gasteiger partial charge in [-0.25, -0.2) is 0 Å². The molecule has 0 atom stereocenters. The summed E-state index contributed by atoms with van der Waals surface area (Å²) in [6, 6.07) is 4.08. The summed E-state index contributed by atoms with van der Waals surface area (Å²) >= 11 is 0. The van der Waals surface area contributed by atoms with Gasteiger partial charge >= 0.3 is 0 Å². The highest BCUT2D eigenvalue weighted by Gasteiger charge is 2.28. The van der Waals surface area contributed by atoms with Crippen molar-refractivity contribution >= 4 is 5.65 Å². The van der Waals surface area contributed by atoms with E-state index in [1.165, 1.54) is 19.3 Å². The Kier molecular flexibility index (Phi) is 4.61. The van der Waals surface area contributed by atoms with Crippen molar-refractivity contribution in [2.75, 3.05) is 13.1 Å². The zero-order valence-corrected chi connectivity index (χ0v) is 17.5. The smallest absolute Gasteiger partial charge is 0.229 e. The molecular weight excluding hydrogens is 366 g/mol. The number of hydrogen-bond donors (Lipinski definition) is 0. The van der Waals surface area contributed by atoms with Crippen LogP contribution < -0.4 is 0 Å². The highest BCUT2D eigenvalue weighted by Crippen LogP contribution is 2.35. The van der Waals surface area contributed by atoms with Crippen LogP contribution in [0.1, 0.15) is 87.9 Å². The van der Waals surface area contributed by atoms with E-state index in [1.807, 2.05) is 10.6 Å². The first-order valence-corrected chi connectivity index (χ1v) is 10.7. The van der Waals surface area contributed by atoms with Gasteiger partial charge in [-0.2, -0.15) is 14.6 Å². The molecule has 0 amide bonds. The Morgan fingerprint density at radius 1 is 1.03 bits per heavy atom. The maximum atomic E-state index is 5.46. The summed E-state index contributed by atoms with van der Waals surface area (Å²) in [5.74, 6) is 3.50. The summed E-state index contributed by atoms with van der Waals surface area (Å²) in [6.45, 7) is 9.28. The molecule has 3 aromatic heterocycles. The van der Waals surface area contributed by atoms with Crippen molar-refractivity contribution in [1.29, 1.82) is 0 Å². The maximum absolute atomic E-state index is 5.46. The molecular formula is C21H29N7O. The van der Waals surface area contributed by atoms with Crippen molar-refractivity contribution in [2.24, 2.45) is 0 Å². The average Bonchev–Trinajstić information content (AvgIpc) is 3.27. The summed E-state index contributed by atoms with van der Waals surface area (Å²) in [6.07, 6.45) is 5.72. The number of aromatic nitrogens is 6. The quantitative estimate of drug-likeness (QED) is 0.669. The molecule has 0 spiro atoms. The first-order valence-electron chi connectivity index (χ1n) is 10.7. The SMILES string of the molecule is CC(C)(C)c1ccc2nnc(C3CCN(Cc4noc(C5CCC5)n4)CC3)n2n1. The third-order valence-electron chi connectivity index (χ3n) is 6.31. The Hall–Kier alpha value is -2.35. The molecule has 1 aliphatic carbocycles. The molecule has 0 bridgehead atoms. The van der Waals surface area contributed by atoms with Gasteiger partial charge in [0.05, 0.1) is 12.2 Å². The molecule has 29 heavy (non-hydrogen) atoms. The number of likely N-dealkylation sites (tertiary alicyclic amines) is 1. The predicted octanol–water partition coefficient (Wildman–Crippen LogP) is 3.45. The molecule has 4 heterocycles. The highest BCUT2D eigenvalue weighted by molar-refractivity contribution is 5.37. The fraction of sp³-hybridized carbons (Fsp3) is 0.667. The van der Waals surface area contributed by atoms with Crippen LogP contribution in [0.15, 0.2) is 16.7 Å². The second kappa shape index (κ2) is 7.16. The van der Waals surface area contributed by atoms with Gasteiger partial charge < -0.3 is 4.52 Å². The van der Waals surface area contributed by atoms with E-state index < -0.39 is 0 Å². The minimum atomic E-state index is 0.00201. The molecule has 2 aliphatic rings. The van der Waals surface area contributed by atoms with Crippen LogP contribution in [0.3, 0.4) is 0 Å². The lowest BCUT2D eigenvalue weighted by molar-refractivity contribution is 0.194. The van der Waals surface area contributed by atoms with Crippen LogP contribution in [0, 0.1) is 0 Å². The molecule has 0 radical (unpaired) electrons. The molecule has 0 aromatic carbocycles. The summed E-state index contributed by atoms with van der Waals surface area (Å²) in [7, 11) is 0.